The molecule has 2 heterocycles. The third-order valence-electron chi connectivity index (χ3n) is 6.95. The minimum atomic E-state index is -4.80. The van der Waals surface area contributed by atoms with Gasteiger partial charge in [-0.3, -0.25) is 9.36 Å². The van der Waals surface area contributed by atoms with Crippen molar-refractivity contribution in [2.24, 2.45) is 5.41 Å². The van der Waals surface area contributed by atoms with Crippen LogP contribution in [-0.4, -0.2) is 32.5 Å². The number of aryl methyl sites for hydroxylation is 1. The van der Waals surface area contributed by atoms with E-state index in [2.05, 4.69) is 10.4 Å². The number of benzene rings is 2. The Balaban J connectivity index is 1.56. The second kappa shape index (κ2) is 8.70. The van der Waals surface area contributed by atoms with E-state index in [0.717, 1.165) is 43.0 Å². The van der Waals surface area contributed by atoms with Crippen LogP contribution in [-0.2, 0) is 13.0 Å². The van der Waals surface area contributed by atoms with Crippen LogP contribution in [0.25, 0.3) is 5.69 Å². The lowest BCUT2D eigenvalue weighted by molar-refractivity contribution is -0.189. The van der Waals surface area contributed by atoms with Crippen LogP contribution in [0, 0.1) is 24.0 Å². The van der Waals surface area contributed by atoms with E-state index in [0.29, 0.717) is 30.4 Å². The zero-order valence-corrected chi connectivity index (χ0v) is 20.0. The summed E-state index contributed by atoms with van der Waals surface area (Å²) >= 11 is 0. The minimum Gasteiger partial charge on any atom is -0.480 e. The summed E-state index contributed by atoms with van der Waals surface area (Å²) < 4.78 is 76.6. The van der Waals surface area contributed by atoms with Gasteiger partial charge in [-0.1, -0.05) is 6.07 Å². The third kappa shape index (κ3) is 4.72. The first-order valence-corrected chi connectivity index (χ1v) is 11.7. The van der Waals surface area contributed by atoms with Crippen LogP contribution in [0.5, 0.6) is 5.75 Å². The van der Waals surface area contributed by atoms with Crippen molar-refractivity contribution in [3.05, 3.63) is 69.4 Å². The highest BCUT2D eigenvalue weighted by Gasteiger charge is 2.46. The smallest absolute Gasteiger partial charge is 0.425 e. The van der Waals surface area contributed by atoms with Crippen LogP contribution < -0.4 is 15.7 Å². The maximum atomic E-state index is 15.3. The Kier molecular flexibility index (Phi) is 5.87. The number of amides is 1. The molecule has 3 aromatic rings. The van der Waals surface area contributed by atoms with E-state index in [1.54, 1.807) is 6.92 Å². The fourth-order valence-corrected chi connectivity index (χ4v) is 4.49. The number of carbonyl (C=O) groups is 1. The number of halogens is 5. The summed E-state index contributed by atoms with van der Waals surface area (Å²) in [7, 11) is 0. The van der Waals surface area contributed by atoms with Crippen molar-refractivity contribution in [2.45, 2.75) is 58.4 Å². The van der Waals surface area contributed by atoms with Gasteiger partial charge in [-0.05, 0) is 62.3 Å². The van der Waals surface area contributed by atoms with Crippen LogP contribution in [0.1, 0.15) is 47.9 Å². The van der Waals surface area contributed by atoms with Gasteiger partial charge >= 0.3 is 11.9 Å². The zero-order chi connectivity index (χ0) is 26.7. The Morgan fingerprint density at radius 3 is 2.54 bits per heavy atom. The molecular weight excluding hydrogens is 499 g/mol. The van der Waals surface area contributed by atoms with Crippen molar-refractivity contribution in [1.82, 2.24) is 14.3 Å². The number of carbonyl (C=O) groups excluding carboxylic acids is 1. The van der Waals surface area contributed by atoms with Crippen LogP contribution in [0.2, 0.25) is 0 Å². The maximum absolute atomic E-state index is 15.3. The van der Waals surface area contributed by atoms with Crippen molar-refractivity contribution in [2.75, 3.05) is 5.32 Å². The number of rotatable bonds is 5. The number of fused-ring (bicyclic) bond motifs is 1. The van der Waals surface area contributed by atoms with Gasteiger partial charge in [-0.15, -0.1) is 5.10 Å². The molecule has 1 amide bonds. The predicted molar refractivity (Wildman–Crippen MR) is 123 cm³/mol. The fourth-order valence-electron chi connectivity index (χ4n) is 4.49. The van der Waals surface area contributed by atoms with Crippen molar-refractivity contribution in [1.29, 1.82) is 0 Å². The van der Waals surface area contributed by atoms with Gasteiger partial charge in [0.2, 0.25) is 0 Å². The van der Waals surface area contributed by atoms with Gasteiger partial charge < -0.3 is 10.1 Å². The van der Waals surface area contributed by atoms with E-state index < -0.39 is 52.5 Å². The Hall–Kier alpha value is -3.70. The van der Waals surface area contributed by atoms with E-state index in [-0.39, 0.29) is 11.1 Å². The molecule has 1 fully saturated rings. The van der Waals surface area contributed by atoms with Gasteiger partial charge in [-0.25, -0.2) is 13.6 Å². The second-order valence-electron chi connectivity index (χ2n) is 9.73. The van der Waals surface area contributed by atoms with Crippen molar-refractivity contribution in [3.8, 4) is 11.4 Å². The molecule has 1 aromatic heterocycles. The average Bonchev–Trinajstić information content (AvgIpc) is 3.49. The number of ether oxygens (including phenoxy) is 1. The minimum absolute atomic E-state index is 0.105. The zero-order valence-electron chi connectivity index (χ0n) is 20.0. The quantitative estimate of drug-likeness (QED) is 0.482. The molecule has 0 saturated heterocycles. The van der Waals surface area contributed by atoms with Crippen LogP contribution in [0.4, 0.5) is 27.6 Å². The maximum Gasteiger partial charge on any atom is 0.425 e. The lowest BCUT2D eigenvalue weighted by atomic mass is 9.95. The lowest BCUT2D eigenvalue weighted by Crippen LogP contribution is -2.32. The van der Waals surface area contributed by atoms with Gasteiger partial charge in [0.25, 0.3) is 5.91 Å². The predicted octanol–water partition coefficient (Wildman–Crippen LogP) is 4.93. The molecule has 2 aliphatic rings. The molecule has 0 bridgehead atoms. The number of nitrogens with zero attached hydrogens (tertiary/aromatic N) is 3. The first-order valence-electron chi connectivity index (χ1n) is 11.7. The molecule has 0 unspecified atom stereocenters. The molecule has 1 atom stereocenters. The summed E-state index contributed by atoms with van der Waals surface area (Å²) in [5.74, 6) is -3.13. The molecule has 1 saturated carbocycles. The number of hydrogen-bond donors (Lipinski definition) is 1. The first-order chi connectivity index (χ1) is 17.4. The highest BCUT2D eigenvalue weighted by molar-refractivity contribution is 6.06. The second-order valence-corrected chi connectivity index (χ2v) is 9.73. The molecule has 1 aliphatic carbocycles. The average molecular weight is 522 g/mol. The number of anilines is 1. The Morgan fingerprint density at radius 1 is 1.14 bits per heavy atom. The standard InChI is InChI=1S/C25H23F5N4O3/c1-13-3-4-16(26)18(9-13)31-22(35)15-10-17(27)19(11-20(15)37-14(2)25(28,29)30)34-23(36)33-8-7-24(5-6-24)12-21(33)32-34/h3-4,9-11,14H,5-8,12H2,1-2H3,(H,31,35)/t14-/m0/s1. The molecule has 1 spiro atoms. The van der Waals surface area contributed by atoms with Crippen LogP contribution in [0.15, 0.2) is 35.1 Å². The fraction of sp³-hybridized carbons (Fsp3) is 0.400. The Labute approximate surface area is 207 Å². The topological polar surface area (TPSA) is 78.2 Å². The van der Waals surface area contributed by atoms with Crippen molar-refractivity contribution >= 4 is 11.6 Å². The molecule has 12 heteroatoms. The number of hydrogen-bond acceptors (Lipinski definition) is 4. The van der Waals surface area contributed by atoms with E-state index >= 15 is 4.39 Å². The largest absolute Gasteiger partial charge is 0.480 e. The molecule has 5 rings (SSSR count). The summed E-state index contributed by atoms with van der Waals surface area (Å²) in [6.07, 6.45) is -3.79. The lowest BCUT2D eigenvalue weighted by Gasteiger charge is -2.20. The van der Waals surface area contributed by atoms with Crippen molar-refractivity contribution < 1.29 is 31.5 Å². The third-order valence-corrected chi connectivity index (χ3v) is 6.95. The van der Waals surface area contributed by atoms with E-state index in [1.807, 2.05) is 0 Å². The molecule has 0 radical (unpaired) electrons. The monoisotopic (exact) mass is 522 g/mol. The molecule has 196 valence electrons. The SMILES string of the molecule is Cc1ccc(F)c(NC(=O)c2cc(F)c(-n3nc4n(c3=O)CCC3(CC3)C4)cc2O[C@@H](C)C(F)(F)F)c1. The molecule has 2 aromatic carbocycles. The molecular formula is C25H23F5N4O3. The summed E-state index contributed by atoms with van der Waals surface area (Å²) in [4.78, 5) is 25.9. The summed E-state index contributed by atoms with van der Waals surface area (Å²) in [5.41, 5.74) is -1.23. The molecule has 37 heavy (non-hydrogen) atoms. The highest BCUT2D eigenvalue weighted by atomic mass is 19.4. The van der Waals surface area contributed by atoms with Gasteiger partial charge in [-0.2, -0.15) is 17.9 Å². The first kappa shape index (κ1) is 25.0. The van der Waals surface area contributed by atoms with E-state index in [4.69, 9.17) is 4.74 Å². The van der Waals surface area contributed by atoms with Crippen molar-refractivity contribution in [3.63, 3.8) is 0 Å². The van der Waals surface area contributed by atoms with Gasteiger partial charge in [0.1, 0.15) is 28.9 Å². The molecule has 7 nitrogen and oxygen atoms in total. The Bertz CT molecular complexity index is 1460. The van der Waals surface area contributed by atoms with E-state index in [1.165, 1.54) is 16.7 Å². The van der Waals surface area contributed by atoms with Gasteiger partial charge in [0.05, 0.1) is 11.3 Å². The molecule has 1 aliphatic heterocycles. The number of nitrogens with one attached hydrogen (secondary N) is 1. The van der Waals surface area contributed by atoms with Gasteiger partial charge in [0.15, 0.2) is 6.10 Å². The highest BCUT2D eigenvalue weighted by Crippen LogP contribution is 2.53. The van der Waals surface area contributed by atoms with Gasteiger partial charge in [0, 0.05) is 19.0 Å². The summed E-state index contributed by atoms with van der Waals surface area (Å²) in [5, 5.41) is 6.49. The number of aromatic nitrogens is 3. The Morgan fingerprint density at radius 2 is 1.86 bits per heavy atom. The van der Waals surface area contributed by atoms with Crippen LogP contribution >= 0.6 is 0 Å². The normalized spacial score (nSPS) is 16.8. The number of alkyl halides is 3. The van der Waals surface area contributed by atoms with E-state index in [9.17, 15) is 27.2 Å². The summed E-state index contributed by atoms with van der Waals surface area (Å²) in [6.45, 7) is 2.78. The summed E-state index contributed by atoms with van der Waals surface area (Å²) in [6, 6.07) is 5.39. The molecule has 1 N–H and O–H groups in total. The van der Waals surface area contributed by atoms with Crippen LogP contribution in [0.3, 0.4) is 0 Å².